The van der Waals surface area contributed by atoms with Gasteiger partial charge in [-0.3, -0.25) is 4.79 Å². The molecule has 1 amide bonds. The van der Waals surface area contributed by atoms with Gasteiger partial charge in [0.05, 0.1) is 12.7 Å². The molecule has 0 bridgehead atoms. The van der Waals surface area contributed by atoms with Gasteiger partial charge in [0.1, 0.15) is 22.0 Å². The molecular weight excluding hydrogens is 424 g/mol. The van der Waals surface area contributed by atoms with Crippen LogP contribution in [0.1, 0.15) is 64.1 Å². The molecule has 1 unspecified atom stereocenters. The first-order valence-corrected chi connectivity index (χ1v) is 11.6. The van der Waals surface area contributed by atoms with Gasteiger partial charge in [-0.15, -0.1) is 11.3 Å². The van der Waals surface area contributed by atoms with Crippen LogP contribution in [0.3, 0.4) is 0 Å². The smallest absolute Gasteiger partial charge is 0.341 e. The number of aryl methyl sites for hydroxylation is 1. The molecule has 1 N–H and O–H groups in total. The topological polar surface area (TPSA) is 81.4 Å². The Balaban J connectivity index is 1.70. The number of fused-ring (bicyclic) bond motifs is 1. The fourth-order valence-electron chi connectivity index (χ4n) is 4.33. The number of amides is 1. The van der Waals surface area contributed by atoms with Crippen LogP contribution < -0.4 is 5.32 Å². The number of methoxy groups -OCH3 is 1. The number of anilines is 1. The number of rotatable bonds is 4. The summed E-state index contributed by atoms with van der Waals surface area (Å²) in [7, 11) is 1.37. The van der Waals surface area contributed by atoms with E-state index in [4.69, 9.17) is 9.26 Å². The fourth-order valence-corrected chi connectivity index (χ4v) is 5.64. The Kier molecular flexibility index (Phi) is 5.95. The highest BCUT2D eigenvalue weighted by Gasteiger charge is 2.35. The van der Waals surface area contributed by atoms with Gasteiger partial charge in [-0.25, -0.2) is 4.79 Å². The van der Waals surface area contributed by atoms with Crippen molar-refractivity contribution in [3.8, 4) is 11.3 Å². The summed E-state index contributed by atoms with van der Waals surface area (Å²) in [5, 5.41) is 7.60. The Morgan fingerprint density at radius 3 is 2.56 bits per heavy atom. The maximum absolute atomic E-state index is 13.3. The molecule has 1 aliphatic carbocycles. The Morgan fingerprint density at radius 1 is 1.19 bits per heavy atom. The Bertz CT molecular complexity index is 1150. The van der Waals surface area contributed by atoms with Gasteiger partial charge in [-0.2, -0.15) is 0 Å². The molecule has 2 heterocycles. The molecule has 0 saturated carbocycles. The van der Waals surface area contributed by atoms with Crippen LogP contribution in [0.15, 0.2) is 34.9 Å². The van der Waals surface area contributed by atoms with Crippen LogP contribution in [-0.2, 0) is 17.6 Å². The number of ether oxygens (including phenoxy) is 1. The number of thiophene rings is 1. The number of nitrogens with one attached hydrogen (secondary N) is 1. The molecule has 4 rings (SSSR count). The average molecular weight is 453 g/mol. The zero-order chi connectivity index (χ0) is 23.0. The summed E-state index contributed by atoms with van der Waals surface area (Å²) in [6, 6.07) is 9.43. The van der Waals surface area contributed by atoms with Crippen molar-refractivity contribution in [3.63, 3.8) is 0 Å². The molecule has 7 heteroatoms. The second-order valence-corrected chi connectivity index (χ2v) is 10.4. The maximum Gasteiger partial charge on any atom is 0.341 e. The first-order valence-electron chi connectivity index (χ1n) is 10.8. The molecular formula is C25H28N2O4S. The van der Waals surface area contributed by atoms with Crippen LogP contribution in [0, 0.1) is 18.3 Å². The molecule has 0 fully saturated rings. The summed E-state index contributed by atoms with van der Waals surface area (Å²) in [4.78, 5) is 27.2. The summed E-state index contributed by atoms with van der Waals surface area (Å²) in [6.45, 7) is 8.46. The predicted octanol–water partition coefficient (Wildman–Crippen LogP) is 5.90. The number of carbonyl (C=O) groups excluding carboxylic acids is 2. The van der Waals surface area contributed by atoms with Crippen molar-refractivity contribution in [2.24, 2.45) is 11.3 Å². The normalized spacial score (nSPS) is 15.8. The lowest BCUT2D eigenvalue weighted by molar-refractivity contribution is 0.0600. The van der Waals surface area contributed by atoms with E-state index in [2.05, 4.69) is 31.2 Å². The van der Waals surface area contributed by atoms with E-state index in [1.165, 1.54) is 18.4 Å². The van der Waals surface area contributed by atoms with Gasteiger partial charge in [-0.05, 0) is 43.1 Å². The van der Waals surface area contributed by atoms with E-state index < -0.39 is 5.97 Å². The molecule has 3 aromatic rings. The number of benzene rings is 1. The maximum atomic E-state index is 13.3. The molecule has 168 valence electrons. The third-order valence-electron chi connectivity index (χ3n) is 6.24. The van der Waals surface area contributed by atoms with Crippen molar-refractivity contribution in [2.45, 2.75) is 47.0 Å². The standard InChI is InChI=1S/C25H28N2O4S/c1-14-19(21(27-31-14)15-9-7-6-8-10-15)22(28)26-23-20(24(29)30-5)17-12-11-16(25(2,3)4)13-18(17)32-23/h6-10,16H,11-13H2,1-5H3,(H,26,28). The van der Waals surface area contributed by atoms with Crippen molar-refractivity contribution >= 4 is 28.2 Å². The molecule has 1 aromatic carbocycles. The lowest BCUT2D eigenvalue weighted by Crippen LogP contribution is -2.26. The van der Waals surface area contributed by atoms with Gasteiger partial charge >= 0.3 is 5.97 Å². The van der Waals surface area contributed by atoms with Gasteiger partial charge in [0.2, 0.25) is 0 Å². The van der Waals surface area contributed by atoms with E-state index >= 15 is 0 Å². The Hall–Kier alpha value is -2.93. The molecule has 0 radical (unpaired) electrons. The summed E-state index contributed by atoms with van der Waals surface area (Å²) in [5.41, 5.74) is 3.30. The lowest BCUT2D eigenvalue weighted by atomic mass is 9.72. The van der Waals surface area contributed by atoms with Crippen LogP contribution in [-0.4, -0.2) is 24.1 Å². The van der Waals surface area contributed by atoms with Crippen LogP contribution in [0.5, 0.6) is 0 Å². The van der Waals surface area contributed by atoms with Crippen LogP contribution in [0.25, 0.3) is 11.3 Å². The van der Waals surface area contributed by atoms with Crippen molar-refractivity contribution in [1.82, 2.24) is 5.16 Å². The summed E-state index contributed by atoms with van der Waals surface area (Å²) >= 11 is 1.47. The zero-order valence-electron chi connectivity index (χ0n) is 19.1. The van der Waals surface area contributed by atoms with E-state index in [1.807, 2.05) is 30.3 Å². The van der Waals surface area contributed by atoms with Crippen molar-refractivity contribution in [2.75, 3.05) is 12.4 Å². The summed E-state index contributed by atoms with van der Waals surface area (Å²) in [5.74, 6) is 0.179. The number of nitrogens with zero attached hydrogens (tertiary/aromatic N) is 1. The van der Waals surface area contributed by atoms with Gasteiger partial charge in [0, 0.05) is 10.4 Å². The van der Waals surface area contributed by atoms with Crippen molar-refractivity contribution < 1.29 is 18.8 Å². The number of esters is 1. The molecule has 32 heavy (non-hydrogen) atoms. The van der Waals surface area contributed by atoms with E-state index in [0.717, 1.165) is 35.3 Å². The summed E-state index contributed by atoms with van der Waals surface area (Å²) in [6.07, 6.45) is 2.70. The third kappa shape index (κ3) is 4.09. The highest BCUT2D eigenvalue weighted by molar-refractivity contribution is 7.17. The van der Waals surface area contributed by atoms with Gasteiger partial charge in [0.15, 0.2) is 0 Å². The molecule has 0 saturated heterocycles. The first-order chi connectivity index (χ1) is 15.2. The summed E-state index contributed by atoms with van der Waals surface area (Å²) < 4.78 is 10.4. The molecule has 6 nitrogen and oxygen atoms in total. The predicted molar refractivity (Wildman–Crippen MR) is 125 cm³/mol. The van der Waals surface area contributed by atoms with Gasteiger partial charge in [-0.1, -0.05) is 56.3 Å². The minimum atomic E-state index is -0.419. The molecule has 0 aliphatic heterocycles. The first kappa shape index (κ1) is 22.3. The third-order valence-corrected chi connectivity index (χ3v) is 7.41. The van der Waals surface area contributed by atoms with E-state index in [1.54, 1.807) is 6.92 Å². The number of carbonyl (C=O) groups is 2. The minimum Gasteiger partial charge on any atom is -0.465 e. The molecule has 0 spiro atoms. The highest BCUT2D eigenvalue weighted by atomic mass is 32.1. The molecule has 1 aliphatic rings. The van der Waals surface area contributed by atoms with Gasteiger partial charge < -0.3 is 14.6 Å². The lowest BCUT2D eigenvalue weighted by Gasteiger charge is -2.33. The zero-order valence-corrected chi connectivity index (χ0v) is 19.9. The SMILES string of the molecule is COC(=O)c1c(NC(=O)c2c(-c3ccccc3)noc2C)sc2c1CCC(C(C)(C)C)C2. The average Bonchev–Trinajstić information content (AvgIpc) is 3.32. The van der Waals surface area contributed by atoms with Gasteiger partial charge in [0.25, 0.3) is 5.91 Å². The number of aromatic nitrogens is 1. The molecule has 2 aromatic heterocycles. The van der Waals surface area contributed by atoms with Crippen LogP contribution in [0.2, 0.25) is 0 Å². The fraction of sp³-hybridized carbons (Fsp3) is 0.400. The van der Waals surface area contributed by atoms with E-state index in [-0.39, 0.29) is 11.3 Å². The monoisotopic (exact) mass is 452 g/mol. The Morgan fingerprint density at radius 2 is 1.91 bits per heavy atom. The minimum absolute atomic E-state index is 0.181. The van der Waals surface area contributed by atoms with E-state index in [9.17, 15) is 9.59 Å². The second kappa shape index (κ2) is 8.54. The van der Waals surface area contributed by atoms with Crippen LogP contribution >= 0.6 is 11.3 Å². The largest absolute Gasteiger partial charge is 0.465 e. The quantitative estimate of drug-likeness (QED) is 0.498. The Labute approximate surface area is 192 Å². The van der Waals surface area contributed by atoms with Crippen LogP contribution in [0.4, 0.5) is 5.00 Å². The van der Waals surface area contributed by atoms with Crippen molar-refractivity contribution in [3.05, 3.63) is 57.7 Å². The van der Waals surface area contributed by atoms with E-state index in [0.29, 0.717) is 33.5 Å². The second-order valence-electron chi connectivity index (χ2n) is 9.29. The number of hydrogen-bond donors (Lipinski definition) is 1. The highest BCUT2D eigenvalue weighted by Crippen LogP contribution is 2.44. The number of hydrogen-bond acceptors (Lipinski definition) is 6. The van der Waals surface area contributed by atoms with Crippen molar-refractivity contribution in [1.29, 1.82) is 0 Å². The molecule has 1 atom stereocenters.